The molecule has 0 radical (unpaired) electrons. The van der Waals surface area contributed by atoms with Crippen molar-refractivity contribution in [2.75, 3.05) is 12.4 Å². The van der Waals surface area contributed by atoms with Crippen LogP contribution in [0.25, 0.3) is 11.1 Å². The highest BCUT2D eigenvalue weighted by atomic mass is 35.5. The van der Waals surface area contributed by atoms with Gasteiger partial charge in [-0.15, -0.1) is 11.7 Å². The molecule has 9 nitrogen and oxygen atoms in total. The van der Waals surface area contributed by atoms with Crippen LogP contribution in [-0.4, -0.2) is 28.3 Å². The Morgan fingerprint density at radius 1 is 1.46 bits per heavy atom. The van der Waals surface area contributed by atoms with E-state index in [-0.39, 0.29) is 22.1 Å². The van der Waals surface area contributed by atoms with Gasteiger partial charge in [0.25, 0.3) is 5.69 Å². The van der Waals surface area contributed by atoms with Gasteiger partial charge in [-0.05, 0) is 24.6 Å². The van der Waals surface area contributed by atoms with Gasteiger partial charge in [0.15, 0.2) is 5.15 Å². The number of hydrogen-bond acceptors (Lipinski definition) is 7. The van der Waals surface area contributed by atoms with Gasteiger partial charge in [0.2, 0.25) is 0 Å². The Morgan fingerprint density at radius 3 is 2.81 bits per heavy atom. The smallest absolute Gasteiger partial charge is 0.411 e. The second-order valence-electron chi connectivity index (χ2n) is 5.21. The molecule has 0 unspecified atom stereocenters. The fourth-order valence-corrected chi connectivity index (χ4v) is 2.41. The van der Waals surface area contributed by atoms with E-state index in [1.54, 1.807) is 12.1 Å². The van der Waals surface area contributed by atoms with Gasteiger partial charge in [0, 0.05) is 11.6 Å². The van der Waals surface area contributed by atoms with Crippen LogP contribution in [0.3, 0.4) is 0 Å². The van der Waals surface area contributed by atoms with Crippen molar-refractivity contribution in [2.24, 2.45) is 5.73 Å². The Hall–Kier alpha value is -3.04. The predicted octanol–water partition coefficient (Wildman–Crippen LogP) is 3.46. The van der Waals surface area contributed by atoms with Crippen LogP contribution < -0.4 is 11.1 Å². The molecule has 10 heteroatoms. The average molecular weight is 378 g/mol. The highest BCUT2D eigenvalue weighted by Gasteiger charge is 2.21. The van der Waals surface area contributed by atoms with E-state index in [1.165, 1.54) is 25.3 Å². The minimum atomic E-state index is -0.742. The largest absolute Gasteiger partial charge is 0.453 e. The van der Waals surface area contributed by atoms with Crippen LogP contribution in [0.15, 0.2) is 36.9 Å². The van der Waals surface area contributed by atoms with E-state index in [0.29, 0.717) is 17.7 Å². The van der Waals surface area contributed by atoms with Crippen LogP contribution in [0.1, 0.15) is 18.2 Å². The van der Waals surface area contributed by atoms with Crippen molar-refractivity contribution in [1.29, 1.82) is 0 Å². The minimum absolute atomic E-state index is 0.00340. The molecule has 3 N–H and O–H groups in total. The van der Waals surface area contributed by atoms with E-state index in [2.05, 4.69) is 26.8 Å². The SMILES string of the molecule is C=CC[C@H](N)c1cc(-c2ccc(NC(=O)OC)cc2[N+](=O)[O-])c(Cl)nn1. The van der Waals surface area contributed by atoms with Crippen molar-refractivity contribution in [3.63, 3.8) is 0 Å². The number of ether oxygens (including phenoxy) is 1. The number of nitrogens with zero attached hydrogens (tertiary/aromatic N) is 3. The van der Waals surface area contributed by atoms with Gasteiger partial charge in [-0.3, -0.25) is 15.4 Å². The summed E-state index contributed by atoms with van der Waals surface area (Å²) in [4.78, 5) is 22.2. The molecule has 2 aromatic rings. The zero-order valence-electron chi connectivity index (χ0n) is 13.8. The quantitative estimate of drug-likeness (QED) is 0.447. The van der Waals surface area contributed by atoms with E-state index in [0.717, 1.165) is 0 Å². The number of benzene rings is 1. The van der Waals surface area contributed by atoms with Crippen molar-refractivity contribution < 1.29 is 14.5 Å². The number of nitro benzene ring substituents is 1. The molecule has 0 saturated heterocycles. The molecule has 1 aromatic carbocycles. The highest BCUT2D eigenvalue weighted by Crippen LogP contribution is 2.36. The Labute approximate surface area is 154 Å². The molecule has 0 spiro atoms. The summed E-state index contributed by atoms with van der Waals surface area (Å²) < 4.78 is 4.47. The Balaban J connectivity index is 2.53. The number of nitrogens with two attached hydrogens (primary N) is 1. The first-order valence-electron chi connectivity index (χ1n) is 7.40. The predicted molar refractivity (Wildman–Crippen MR) is 96.9 cm³/mol. The van der Waals surface area contributed by atoms with Gasteiger partial charge in [0.05, 0.1) is 35.0 Å². The van der Waals surface area contributed by atoms with E-state index in [9.17, 15) is 14.9 Å². The third-order valence-corrected chi connectivity index (χ3v) is 3.76. The summed E-state index contributed by atoms with van der Waals surface area (Å²) >= 11 is 6.09. The Bertz CT molecular complexity index is 859. The highest BCUT2D eigenvalue weighted by molar-refractivity contribution is 6.32. The molecule has 1 aromatic heterocycles. The average Bonchev–Trinajstić information content (AvgIpc) is 2.62. The zero-order chi connectivity index (χ0) is 19.3. The van der Waals surface area contributed by atoms with Crippen molar-refractivity contribution in [2.45, 2.75) is 12.5 Å². The Kier molecular flexibility index (Phi) is 6.21. The number of amides is 1. The fourth-order valence-electron chi connectivity index (χ4n) is 2.22. The zero-order valence-corrected chi connectivity index (χ0v) is 14.6. The topological polar surface area (TPSA) is 133 Å². The monoisotopic (exact) mass is 377 g/mol. The van der Waals surface area contributed by atoms with Gasteiger partial charge < -0.3 is 10.5 Å². The first-order chi connectivity index (χ1) is 12.4. The fraction of sp³-hybridized carbons (Fsp3) is 0.188. The third-order valence-electron chi connectivity index (χ3n) is 3.48. The molecule has 0 aliphatic carbocycles. The number of rotatable bonds is 6. The number of carbonyl (C=O) groups is 1. The molecule has 1 heterocycles. The number of halogens is 1. The van der Waals surface area contributed by atoms with Crippen LogP contribution in [0, 0.1) is 10.1 Å². The second kappa shape index (κ2) is 8.37. The summed E-state index contributed by atoms with van der Waals surface area (Å²) in [7, 11) is 1.19. The van der Waals surface area contributed by atoms with Gasteiger partial charge in [0.1, 0.15) is 0 Å². The first-order valence-corrected chi connectivity index (χ1v) is 7.78. The van der Waals surface area contributed by atoms with Crippen molar-refractivity contribution in [1.82, 2.24) is 10.2 Å². The molecule has 0 aliphatic heterocycles. The second-order valence-corrected chi connectivity index (χ2v) is 5.57. The normalized spacial score (nSPS) is 11.5. The first kappa shape index (κ1) is 19.3. The lowest BCUT2D eigenvalue weighted by Gasteiger charge is -2.12. The number of carbonyl (C=O) groups excluding carboxylic acids is 1. The number of nitrogens with one attached hydrogen (secondary N) is 1. The standard InChI is InChI=1S/C16H16ClN5O4/c1-3-4-12(18)13-8-11(15(17)21-20-13)10-6-5-9(19-16(23)26-2)7-14(10)22(24)25/h3,5-8,12H,1,4,18H2,2H3,(H,19,23)/t12-/m0/s1. The van der Waals surface area contributed by atoms with Crippen molar-refractivity contribution in [3.05, 3.63) is 57.9 Å². The summed E-state index contributed by atoms with van der Waals surface area (Å²) in [5.41, 5.74) is 6.88. The van der Waals surface area contributed by atoms with E-state index < -0.39 is 17.1 Å². The van der Waals surface area contributed by atoms with Crippen LogP contribution in [0.2, 0.25) is 5.15 Å². The molecular weight excluding hydrogens is 362 g/mol. The van der Waals surface area contributed by atoms with E-state index >= 15 is 0 Å². The lowest BCUT2D eigenvalue weighted by molar-refractivity contribution is -0.384. The molecule has 136 valence electrons. The minimum Gasteiger partial charge on any atom is -0.453 e. The van der Waals surface area contributed by atoms with E-state index in [1.807, 2.05) is 0 Å². The van der Waals surface area contributed by atoms with Crippen molar-refractivity contribution in [3.8, 4) is 11.1 Å². The van der Waals surface area contributed by atoms with Crippen LogP contribution >= 0.6 is 11.6 Å². The molecular formula is C16H16ClN5O4. The molecule has 1 atom stereocenters. The van der Waals surface area contributed by atoms with Crippen LogP contribution in [-0.2, 0) is 4.74 Å². The van der Waals surface area contributed by atoms with Crippen LogP contribution in [0.4, 0.5) is 16.2 Å². The number of nitro groups is 1. The molecule has 26 heavy (non-hydrogen) atoms. The number of hydrogen-bond donors (Lipinski definition) is 2. The maximum Gasteiger partial charge on any atom is 0.411 e. The van der Waals surface area contributed by atoms with Crippen molar-refractivity contribution >= 4 is 29.1 Å². The Morgan fingerprint density at radius 2 is 2.19 bits per heavy atom. The lowest BCUT2D eigenvalue weighted by atomic mass is 10.0. The summed E-state index contributed by atoms with van der Waals surface area (Å²) in [6.07, 6.45) is 1.35. The van der Waals surface area contributed by atoms with Crippen LogP contribution in [0.5, 0.6) is 0 Å². The maximum atomic E-state index is 11.5. The van der Waals surface area contributed by atoms with E-state index in [4.69, 9.17) is 17.3 Å². The molecule has 0 fully saturated rings. The molecule has 1 amide bonds. The summed E-state index contributed by atoms with van der Waals surface area (Å²) in [5.74, 6) is 0. The number of anilines is 1. The van der Waals surface area contributed by atoms with Gasteiger partial charge in [-0.1, -0.05) is 17.7 Å². The number of methoxy groups -OCH3 is 1. The molecule has 0 bridgehead atoms. The molecule has 2 rings (SSSR count). The molecule has 0 aliphatic rings. The summed E-state index contributed by atoms with van der Waals surface area (Å²) in [5, 5.41) is 21.6. The van der Waals surface area contributed by atoms with Gasteiger partial charge in [-0.2, -0.15) is 5.10 Å². The van der Waals surface area contributed by atoms with Gasteiger partial charge >= 0.3 is 6.09 Å². The molecule has 0 saturated carbocycles. The number of aromatic nitrogens is 2. The third kappa shape index (κ3) is 4.32. The van der Waals surface area contributed by atoms with Gasteiger partial charge in [-0.25, -0.2) is 4.79 Å². The lowest BCUT2D eigenvalue weighted by Crippen LogP contribution is -2.12. The summed E-state index contributed by atoms with van der Waals surface area (Å²) in [6.45, 7) is 3.61. The maximum absolute atomic E-state index is 11.5. The summed E-state index contributed by atoms with van der Waals surface area (Å²) in [6, 6.07) is 5.23.